The molecule has 0 aliphatic heterocycles. The first-order chi connectivity index (χ1) is 16.2. The van der Waals surface area contributed by atoms with Crippen LogP contribution in [-0.2, 0) is 29.4 Å². The van der Waals surface area contributed by atoms with Gasteiger partial charge in [0.15, 0.2) is 0 Å². The van der Waals surface area contributed by atoms with Crippen molar-refractivity contribution in [2.75, 3.05) is 24.3 Å². The van der Waals surface area contributed by atoms with Crippen molar-refractivity contribution in [3.05, 3.63) is 74.7 Å². The van der Waals surface area contributed by atoms with Crippen LogP contribution in [0.2, 0.25) is 5.02 Å². The van der Waals surface area contributed by atoms with Gasteiger partial charge in [-0.05, 0) is 35.7 Å². The summed E-state index contributed by atoms with van der Waals surface area (Å²) in [5.41, 5.74) is 4.61. The molecule has 1 aliphatic rings. The third-order valence-electron chi connectivity index (χ3n) is 6.21. The van der Waals surface area contributed by atoms with Crippen LogP contribution in [0.4, 0.5) is 11.4 Å². The molecule has 1 N–H and O–H groups in total. The van der Waals surface area contributed by atoms with Crippen LogP contribution < -0.4 is 15.8 Å². The van der Waals surface area contributed by atoms with Crippen molar-refractivity contribution in [3.63, 3.8) is 0 Å². The van der Waals surface area contributed by atoms with Gasteiger partial charge in [-0.3, -0.25) is 14.2 Å². The van der Waals surface area contributed by atoms with Crippen molar-refractivity contribution in [2.45, 2.75) is 38.8 Å². The average Bonchev–Trinajstić information content (AvgIpc) is 3.13. The summed E-state index contributed by atoms with van der Waals surface area (Å²) >= 11 is 6.58. The molecule has 0 fully saturated rings. The largest absolute Gasteiger partial charge is 0.460 e. The monoisotopic (exact) mass is 480 g/mol. The maximum atomic E-state index is 13.6. The van der Waals surface area contributed by atoms with E-state index in [-0.39, 0.29) is 17.6 Å². The number of aryl methyl sites for hydroxylation is 1. The molecule has 0 unspecified atom stereocenters. The van der Waals surface area contributed by atoms with E-state index in [2.05, 4.69) is 5.32 Å². The first-order valence-electron chi connectivity index (χ1n) is 11.3. The van der Waals surface area contributed by atoms with Gasteiger partial charge in [-0.2, -0.15) is 0 Å². The highest BCUT2D eigenvalue weighted by Crippen LogP contribution is 2.36. The van der Waals surface area contributed by atoms with Crippen LogP contribution in [0.25, 0.3) is 11.4 Å². The number of carbonyl (C=O) groups is 1. The highest BCUT2D eigenvalue weighted by molar-refractivity contribution is 6.33. The smallest absolute Gasteiger partial charge is 0.302 e. The Hall–Kier alpha value is -3.32. The normalized spacial score (nSPS) is 16.8. The maximum Gasteiger partial charge on any atom is 0.302 e. The fourth-order valence-corrected chi connectivity index (χ4v) is 4.72. The number of fused-ring (bicyclic) bond motifs is 1. The molecular formula is C26H29ClN4O3. The molecule has 1 aliphatic carbocycles. The summed E-state index contributed by atoms with van der Waals surface area (Å²) in [5.74, 6) is 0.156. The van der Waals surface area contributed by atoms with Crippen LogP contribution >= 0.6 is 11.6 Å². The molecule has 34 heavy (non-hydrogen) atoms. The number of rotatable bonds is 6. The van der Waals surface area contributed by atoms with Crippen LogP contribution in [0.5, 0.6) is 0 Å². The topological polar surface area (TPSA) is 76.5 Å². The Morgan fingerprint density at radius 2 is 2.00 bits per heavy atom. The second-order valence-corrected chi connectivity index (χ2v) is 9.11. The number of nitrogens with one attached hydrogen (secondary N) is 1. The van der Waals surface area contributed by atoms with E-state index in [1.54, 1.807) is 7.05 Å². The molecular weight excluding hydrogens is 452 g/mol. The number of hydrogen-bond acceptors (Lipinski definition) is 6. The van der Waals surface area contributed by atoms with Gasteiger partial charge >= 0.3 is 5.97 Å². The molecule has 0 saturated carbocycles. The number of ether oxygens (including phenoxy) is 1. The zero-order valence-corrected chi connectivity index (χ0v) is 20.8. The van der Waals surface area contributed by atoms with Crippen molar-refractivity contribution in [3.8, 4) is 11.4 Å². The summed E-state index contributed by atoms with van der Waals surface area (Å²) in [7, 11) is 5.58. The van der Waals surface area contributed by atoms with E-state index in [0.29, 0.717) is 40.6 Å². The lowest BCUT2D eigenvalue weighted by Gasteiger charge is -2.24. The quantitative estimate of drug-likeness (QED) is 0.528. The zero-order chi connectivity index (χ0) is 24.6. The highest BCUT2D eigenvalue weighted by Gasteiger charge is 2.35. The lowest BCUT2D eigenvalue weighted by molar-refractivity contribution is -0.146. The highest BCUT2D eigenvalue weighted by atomic mass is 35.5. The van der Waals surface area contributed by atoms with Gasteiger partial charge in [0.1, 0.15) is 17.6 Å². The van der Waals surface area contributed by atoms with Crippen molar-refractivity contribution >= 4 is 28.9 Å². The Balaban J connectivity index is 1.77. The molecule has 8 heteroatoms. The molecule has 1 aromatic heterocycles. The second kappa shape index (κ2) is 9.50. The van der Waals surface area contributed by atoms with Gasteiger partial charge in [-0.15, -0.1) is 0 Å². The molecule has 3 aromatic rings. The summed E-state index contributed by atoms with van der Waals surface area (Å²) in [6, 6.07) is 13.3. The molecule has 1 heterocycles. The van der Waals surface area contributed by atoms with Crippen LogP contribution in [0.15, 0.2) is 47.3 Å². The molecule has 2 aromatic carbocycles. The Kier molecular flexibility index (Phi) is 6.66. The number of nitrogens with zero attached hydrogens (tertiary/aromatic N) is 3. The fraction of sp³-hybridized carbons (Fsp3) is 0.346. The molecule has 0 amide bonds. The van der Waals surface area contributed by atoms with E-state index >= 15 is 0 Å². The fourth-order valence-electron chi connectivity index (χ4n) is 4.46. The van der Waals surface area contributed by atoms with Gasteiger partial charge < -0.3 is 15.0 Å². The Morgan fingerprint density at radius 1 is 1.26 bits per heavy atom. The molecule has 0 spiro atoms. The summed E-state index contributed by atoms with van der Waals surface area (Å²) in [4.78, 5) is 32.1. The summed E-state index contributed by atoms with van der Waals surface area (Å²) in [6.45, 7) is 3.36. The van der Waals surface area contributed by atoms with E-state index < -0.39 is 6.10 Å². The number of hydrogen-bond donors (Lipinski definition) is 1. The van der Waals surface area contributed by atoms with Crippen LogP contribution in [0, 0.1) is 0 Å². The SMILES string of the molecule is CCc1nc(-c2ccc(N(C)C)cc2Cl)n(C)c(=O)c1N[C@H]1c2ccccc2C[C@@H]1OC(C)=O. The van der Waals surface area contributed by atoms with E-state index in [4.69, 9.17) is 21.3 Å². The van der Waals surface area contributed by atoms with Gasteiger partial charge in [0.2, 0.25) is 0 Å². The number of carbonyl (C=O) groups excluding carboxylic acids is 1. The van der Waals surface area contributed by atoms with E-state index in [9.17, 15) is 9.59 Å². The number of anilines is 2. The lowest BCUT2D eigenvalue weighted by atomic mass is 10.1. The minimum Gasteiger partial charge on any atom is -0.460 e. The zero-order valence-electron chi connectivity index (χ0n) is 20.1. The van der Waals surface area contributed by atoms with Gasteiger partial charge in [0.05, 0.1) is 16.8 Å². The summed E-state index contributed by atoms with van der Waals surface area (Å²) in [6.07, 6.45) is 0.733. The molecule has 0 saturated heterocycles. The molecule has 4 rings (SSSR count). The maximum absolute atomic E-state index is 13.6. The molecule has 178 valence electrons. The summed E-state index contributed by atoms with van der Waals surface area (Å²) in [5, 5.41) is 3.91. The van der Waals surface area contributed by atoms with E-state index in [0.717, 1.165) is 16.8 Å². The Bertz CT molecular complexity index is 1300. The molecule has 2 atom stereocenters. The van der Waals surface area contributed by atoms with Gasteiger partial charge in [-0.1, -0.05) is 42.8 Å². The summed E-state index contributed by atoms with van der Waals surface area (Å²) < 4.78 is 7.12. The predicted molar refractivity (Wildman–Crippen MR) is 136 cm³/mol. The predicted octanol–water partition coefficient (Wildman–Crippen LogP) is 4.37. The molecule has 0 bridgehead atoms. The molecule has 0 radical (unpaired) electrons. The van der Waals surface area contributed by atoms with E-state index in [1.807, 2.05) is 68.4 Å². The van der Waals surface area contributed by atoms with Crippen LogP contribution in [0.3, 0.4) is 0 Å². The number of esters is 1. The lowest BCUT2D eigenvalue weighted by Crippen LogP contribution is -2.32. The second-order valence-electron chi connectivity index (χ2n) is 8.71. The first-order valence-corrected chi connectivity index (χ1v) is 11.7. The molecule has 7 nitrogen and oxygen atoms in total. The van der Waals surface area contributed by atoms with Gasteiger partial charge in [0.25, 0.3) is 5.56 Å². The van der Waals surface area contributed by atoms with Crippen molar-refractivity contribution in [2.24, 2.45) is 7.05 Å². The number of aromatic nitrogens is 2. The van der Waals surface area contributed by atoms with Gasteiger partial charge in [-0.25, -0.2) is 4.98 Å². The standard InChI is InChI=1S/C26H29ClN4O3/c1-6-21-24(29-23-18-10-8-7-9-16(18)13-22(23)34-15(2)32)26(33)31(5)25(28-21)19-12-11-17(30(3)4)14-20(19)27/h7-12,14,22-23,29H,6,13H2,1-5H3/t22-,23-/m0/s1. The van der Waals surface area contributed by atoms with E-state index in [1.165, 1.54) is 11.5 Å². The minimum absolute atomic E-state index is 0.208. The van der Waals surface area contributed by atoms with Crippen molar-refractivity contribution < 1.29 is 9.53 Å². The van der Waals surface area contributed by atoms with Crippen molar-refractivity contribution in [1.82, 2.24) is 9.55 Å². The Labute approximate surface area is 204 Å². The third kappa shape index (κ3) is 4.40. The third-order valence-corrected chi connectivity index (χ3v) is 6.52. The van der Waals surface area contributed by atoms with Crippen LogP contribution in [-0.4, -0.2) is 35.7 Å². The number of benzene rings is 2. The van der Waals surface area contributed by atoms with Gasteiger partial charge in [0, 0.05) is 45.7 Å². The number of halogens is 1. The first kappa shape index (κ1) is 23.8. The van der Waals surface area contributed by atoms with Crippen molar-refractivity contribution in [1.29, 1.82) is 0 Å². The average molecular weight is 481 g/mol. The Morgan fingerprint density at radius 3 is 2.65 bits per heavy atom. The van der Waals surface area contributed by atoms with Crippen LogP contribution in [0.1, 0.15) is 36.7 Å². The minimum atomic E-state index is -0.406.